The molecule has 0 aromatic heterocycles. The van der Waals surface area contributed by atoms with Gasteiger partial charge in [-0.05, 0) is 27.3 Å². The van der Waals surface area contributed by atoms with Gasteiger partial charge in [-0.2, -0.15) is 0 Å². The number of hydrogen-bond donors (Lipinski definition) is 0. The lowest BCUT2D eigenvalue weighted by molar-refractivity contribution is 0.0196. The summed E-state index contributed by atoms with van der Waals surface area (Å²) in [6.07, 6.45) is 0.258. The monoisotopic (exact) mass is 156 g/mol. The molecule has 0 aliphatic heterocycles. The quantitative estimate of drug-likeness (QED) is 0.532. The standard InChI is InChI=1S/C8H16N2O/c1-7(5-9-3)11-8(2)6-10-4/h7-8H,3-6H2,1-2H3. The third-order valence-corrected chi connectivity index (χ3v) is 1.24. The van der Waals surface area contributed by atoms with E-state index in [4.69, 9.17) is 4.74 Å². The Kier molecular flexibility index (Phi) is 5.65. The van der Waals surface area contributed by atoms with E-state index in [0.717, 1.165) is 0 Å². The average molecular weight is 156 g/mol. The molecule has 0 N–H and O–H groups in total. The summed E-state index contributed by atoms with van der Waals surface area (Å²) in [5.74, 6) is 0. The number of hydrogen-bond acceptors (Lipinski definition) is 3. The Hall–Kier alpha value is -0.700. The highest BCUT2D eigenvalue weighted by molar-refractivity contribution is 5.23. The van der Waals surface area contributed by atoms with E-state index in [0.29, 0.717) is 13.1 Å². The molecule has 0 aromatic rings. The van der Waals surface area contributed by atoms with Crippen LogP contribution in [0.2, 0.25) is 0 Å². The van der Waals surface area contributed by atoms with Crippen molar-refractivity contribution in [2.75, 3.05) is 13.1 Å². The fraction of sp³-hybridized carbons (Fsp3) is 0.750. The second-order valence-electron chi connectivity index (χ2n) is 2.57. The van der Waals surface area contributed by atoms with Crippen LogP contribution in [0.1, 0.15) is 13.8 Å². The maximum absolute atomic E-state index is 5.46. The summed E-state index contributed by atoms with van der Waals surface area (Å²) in [7, 11) is 0. The predicted octanol–water partition coefficient (Wildman–Crippen LogP) is 1.18. The molecule has 0 saturated carbocycles. The summed E-state index contributed by atoms with van der Waals surface area (Å²) < 4.78 is 5.46. The molecule has 0 fully saturated rings. The van der Waals surface area contributed by atoms with Gasteiger partial charge >= 0.3 is 0 Å². The van der Waals surface area contributed by atoms with Gasteiger partial charge in [0.2, 0.25) is 0 Å². The molecule has 2 unspecified atom stereocenters. The largest absolute Gasteiger partial charge is 0.372 e. The molecule has 3 nitrogen and oxygen atoms in total. The molecule has 11 heavy (non-hydrogen) atoms. The van der Waals surface area contributed by atoms with Crippen LogP contribution in [0.4, 0.5) is 0 Å². The molecule has 2 atom stereocenters. The summed E-state index contributed by atoms with van der Waals surface area (Å²) in [5.41, 5.74) is 0. The van der Waals surface area contributed by atoms with Crippen molar-refractivity contribution in [2.24, 2.45) is 9.98 Å². The molecule has 0 amide bonds. The van der Waals surface area contributed by atoms with E-state index in [1.165, 1.54) is 0 Å². The first-order valence-electron chi connectivity index (χ1n) is 3.71. The fourth-order valence-electron chi connectivity index (χ4n) is 0.846. The fourth-order valence-corrected chi connectivity index (χ4v) is 0.846. The topological polar surface area (TPSA) is 34.0 Å². The number of ether oxygens (including phenoxy) is 1. The second-order valence-corrected chi connectivity index (χ2v) is 2.57. The molecule has 0 radical (unpaired) electrons. The van der Waals surface area contributed by atoms with Crippen LogP contribution in [-0.4, -0.2) is 38.7 Å². The van der Waals surface area contributed by atoms with Gasteiger partial charge in [0.25, 0.3) is 0 Å². The Labute approximate surface area is 68.2 Å². The first-order chi connectivity index (χ1) is 5.20. The molecular weight excluding hydrogens is 140 g/mol. The Morgan fingerprint density at radius 3 is 1.73 bits per heavy atom. The van der Waals surface area contributed by atoms with E-state index in [2.05, 4.69) is 23.4 Å². The van der Waals surface area contributed by atoms with E-state index < -0.39 is 0 Å². The van der Waals surface area contributed by atoms with Crippen LogP contribution in [0.25, 0.3) is 0 Å². The van der Waals surface area contributed by atoms with Crippen LogP contribution in [0, 0.1) is 0 Å². The Morgan fingerprint density at radius 1 is 1.09 bits per heavy atom. The van der Waals surface area contributed by atoms with Gasteiger partial charge in [-0.3, -0.25) is 9.98 Å². The highest BCUT2D eigenvalue weighted by Gasteiger charge is 2.05. The van der Waals surface area contributed by atoms with Crippen molar-refractivity contribution in [1.82, 2.24) is 0 Å². The van der Waals surface area contributed by atoms with Crippen LogP contribution < -0.4 is 0 Å². The predicted molar refractivity (Wildman–Crippen MR) is 48.8 cm³/mol. The molecular formula is C8H16N2O. The second kappa shape index (κ2) is 6.04. The van der Waals surface area contributed by atoms with E-state index >= 15 is 0 Å². The molecule has 0 bridgehead atoms. The van der Waals surface area contributed by atoms with Crippen molar-refractivity contribution < 1.29 is 4.74 Å². The zero-order valence-corrected chi connectivity index (χ0v) is 7.29. The smallest absolute Gasteiger partial charge is 0.0746 e. The van der Waals surface area contributed by atoms with Crippen molar-refractivity contribution in [3.63, 3.8) is 0 Å². The summed E-state index contributed by atoms with van der Waals surface area (Å²) in [6, 6.07) is 0. The SMILES string of the molecule is C=NCC(C)OC(C)CN=C. The van der Waals surface area contributed by atoms with Crippen molar-refractivity contribution in [1.29, 1.82) is 0 Å². The van der Waals surface area contributed by atoms with Gasteiger partial charge < -0.3 is 4.74 Å². The molecule has 0 aromatic carbocycles. The van der Waals surface area contributed by atoms with Gasteiger partial charge in [-0.1, -0.05) is 0 Å². The lowest BCUT2D eigenvalue weighted by Crippen LogP contribution is -2.21. The number of nitrogens with zero attached hydrogens (tertiary/aromatic N) is 2. The van der Waals surface area contributed by atoms with Gasteiger partial charge in [-0.25, -0.2) is 0 Å². The van der Waals surface area contributed by atoms with Gasteiger partial charge in [0.15, 0.2) is 0 Å². The molecule has 0 saturated heterocycles. The van der Waals surface area contributed by atoms with Crippen LogP contribution in [0.3, 0.4) is 0 Å². The third-order valence-electron chi connectivity index (χ3n) is 1.24. The zero-order chi connectivity index (χ0) is 8.69. The van der Waals surface area contributed by atoms with Crippen molar-refractivity contribution in [3.05, 3.63) is 0 Å². The maximum atomic E-state index is 5.46. The molecule has 0 rings (SSSR count). The average Bonchev–Trinajstić information content (AvgIpc) is 1.87. The summed E-state index contributed by atoms with van der Waals surface area (Å²) in [6.45, 7) is 12.0. The minimum Gasteiger partial charge on any atom is -0.372 e. The normalized spacial score (nSPS) is 15.5. The zero-order valence-electron chi connectivity index (χ0n) is 7.29. The van der Waals surface area contributed by atoms with Crippen LogP contribution in [-0.2, 0) is 4.74 Å². The van der Waals surface area contributed by atoms with Gasteiger partial charge in [-0.15, -0.1) is 0 Å². The summed E-state index contributed by atoms with van der Waals surface area (Å²) >= 11 is 0. The molecule has 3 heteroatoms. The van der Waals surface area contributed by atoms with E-state index in [1.807, 2.05) is 13.8 Å². The first kappa shape index (κ1) is 10.3. The number of aliphatic imine (C=N–C) groups is 2. The molecule has 0 aliphatic carbocycles. The lowest BCUT2D eigenvalue weighted by Gasteiger charge is -2.15. The van der Waals surface area contributed by atoms with E-state index in [-0.39, 0.29) is 12.2 Å². The van der Waals surface area contributed by atoms with Crippen LogP contribution in [0.5, 0.6) is 0 Å². The molecule has 64 valence electrons. The Bertz CT molecular complexity index is 111. The minimum absolute atomic E-state index is 0.129. The highest BCUT2D eigenvalue weighted by Crippen LogP contribution is 1.98. The third kappa shape index (κ3) is 5.73. The van der Waals surface area contributed by atoms with Crippen LogP contribution >= 0.6 is 0 Å². The first-order valence-corrected chi connectivity index (χ1v) is 3.71. The highest BCUT2D eigenvalue weighted by atomic mass is 16.5. The summed E-state index contributed by atoms with van der Waals surface area (Å²) in [5, 5.41) is 0. The van der Waals surface area contributed by atoms with E-state index in [1.54, 1.807) is 0 Å². The van der Waals surface area contributed by atoms with Gasteiger partial charge in [0, 0.05) is 0 Å². The van der Waals surface area contributed by atoms with Crippen LogP contribution in [0.15, 0.2) is 9.98 Å². The van der Waals surface area contributed by atoms with Crippen molar-refractivity contribution >= 4 is 13.4 Å². The Balaban J connectivity index is 3.46. The minimum atomic E-state index is 0.129. The molecule has 0 spiro atoms. The van der Waals surface area contributed by atoms with Gasteiger partial charge in [0.1, 0.15) is 0 Å². The molecule has 0 heterocycles. The number of rotatable bonds is 6. The Morgan fingerprint density at radius 2 is 1.45 bits per heavy atom. The lowest BCUT2D eigenvalue weighted by atomic mass is 10.3. The van der Waals surface area contributed by atoms with Crippen molar-refractivity contribution in [2.45, 2.75) is 26.1 Å². The molecule has 0 aliphatic rings. The van der Waals surface area contributed by atoms with E-state index in [9.17, 15) is 0 Å². The summed E-state index contributed by atoms with van der Waals surface area (Å²) in [4.78, 5) is 7.46. The maximum Gasteiger partial charge on any atom is 0.0746 e. The van der Waals surface area contributed by atoms with Crippen molar-refractivity contribution in [3.8, 4) is 0 Å². The van der Waals surface area contributed by atoms with Gasteiger partial charge in [0.05, 0.1) is 25.3 Å².